The molecular weight excluding hydrogens is 572 g/mol. The van der Waals surface area contributed by atoms with Crippen molar-refractivity contribution in [1.29, 1.82) is 0 Å². The van der Waals surface area contributed by atoms with Crippen molar-refractivity contribution in [2.45, 2.75) is 45.9 Å². The smallest absolute Gasteiger partial charge is 0.304 e. The van der Waals surface area contributed by atoms with Crippen molar-refractivity contribution in [2.75, 3.05) is 20.1 Å². The van der Waals surface area contributed by atoms with Gasteiger partial charge in [0.25, 0.3) is 11.5 Å². The highest BCUT2D eigenvalue weighted by molar-refractivity contribution is 9.10. The summed E-state index contributed by atoms with van der Waals surface area (Å²) in [5.74, 6) is -0.237. The summed E-state index contributed by atoms with van der Waals surface area (Å²) in [6.45, 7) is 6.93. The van der Waals surface area contributed by atoms with E-state index in [0.29, 0.717) is 47.6 Å². The minimum atomic E-state index is -0.284. The number of benzene rings is 2. The Bertz CT molecular complexity index is 1520. The van der Waals surface area contributed by atoms with Gasteiger partial charge in [0.05, 0.1) is 22.9 Å². The number of aromatic nitrogens is 2. The van der Waals surface area contributed by atoms with Gasteiger partial charge in [-0.1, -0.05) is 27.5 Å². The fraction of sp³-hybridized carbons (Fsp3) is 0.357. The first kappa shape index (κ1) is 26.6. The number of nitrogens with zero attached hydrogens (tertiary/aromatic N) is 4. The van der Waals surface area contributed by atoms with Gasteiger partial charge in [-0.15, -0.1) is 0 Å². The van der Waals surface area contributed by atoms with Crippen molar-refractivity contribution in [3.8, 4) is 11.7 Å². The minimum Gasteiger partial charge on any atom is -0.458 e. The molecule has 2 aromatic carbocycles. The van der Waals surface area contributed by atoms with Gasteiger partial charge >= 0.3 is 6.01 Å². The molecule has 3 aromatic rings. The molecule has 0 saturated carbocycles. The van der Waals surface area contributed by atoms with Gasteiger partial charge in [0.2, 0.25) is 0 Å². The Labute approximate surface area is 234 Å². The predicted molar refractivity (Wildman–Crippen MR) is 149 cm³/mol. The molecule has 1 atom stereocenters. The lowest BCUT2D eigenvalue weighted by Crippen LogP contribution is -2.52. The quantitative estimate of drug-likeness (QED) is 0.403. The van der Waals surface area contributed by atoms with Crippen LogP contribution in [0.2, 0.25) is 5.02 Å². The second-order valence-corrected chi connectivity index (χ2v) is 11.4. The van der Waals surface area contributed by atoms with E-state index in [0.717, 1.165) is 10.0 Å². The Balaban J connectivity index is 1.57. The van der Waals surface area contributed by atoms with E-state index in [1.807, 2.05) is 33.0 Å². The molecule has 10 heteroatoms. The Morgan fingerprint density at radius 1 is 1.13 bits per heavy atom. The van der Waals surface area contributed by atoms with Crippen LogP contribution in [-0.2, 0) is 13.0 Å². The van der Waals surface area contributed by atoms with Crippen molar-refractivity contribution in [3.63, 3.8) is 0 Å². The molecule has 0 bridgehead atoms. The molecule has 1 unspecified atom stereocenters. The number of hydrogen-bond donors (Lipinski definition) is 0. The van der Waals surface area contributed by atoms with Crippen molar-refractivity contribution in [3.05, 3.63) is 84.2 Å². The lowest BCUT2D eigenvalue weighted by atomic mass is 9.98. The van der Waals surface area contributed by atoms with Crippen LogP contribution in [0.5, 0.6) is 6.01 Å². The molecule has 0 N–H and O–H groups in total. The van der Waals surface area contributed by atoms with Crippen LogP contribution < -0.4 is 10.3 Å². The van der Waals surface area contributed by atoms with E-state index in [4.69, 9.17) is 21.3 Å². The molecule has 0 spiro atoms. The first-order valence-electron chi connectivity index (χ1n) is 12.4. The molecule has 1 amide bonds. The number of likely N-dealkylation sites (tertiary alicyclic amines) is 1. The largest absolute Gasteiger partial charge is 0.458 e. The van der Waals surface area contributed by atoms with Crippen molar-refractivity contribution < 1.29 is 14.3 Å². The molecule has 198 valence electrons. The number of fused-ring (bicyclic) bond motifs is 1. The highest BCUT2D eigenvalue weighted by atomic mass is 79.9. The van der Waals surface area contributed by atoms with E-state index in [9.17, 15) is 14.4 Å². The topological polar surface area (TPSA) is 84.7 Å². The van der Waals surface area contributed by atoms with Crippen LogP contribution in [-0.4, -0.2) is 63.3 Å². The average molecular weight is 600 g/mol. The van der Waals surface area contributed by atoms with Crippen LogP contribution >= 0.6 is 27.5 Å². The number of rotatable bonds is 5. The summed E-state index contributed by atoms with van der Waals surface area (Å²) in [5.41, 5.74) is 3.16. The van der Waals surface area contributed by atoms with Gasteiger partial charge < -0.3 is 9.64 Å². The summed E-state index contributed by atoms with van der Waals surface area (Å²) in [5, 5.41) is 0.253. The zero-order chi connectivity index (χ0) is 27.3. The van der Waals surface area contributed by atoms with E-state index in [2.05, 4.69) is 20.8 Å². The summed E-state index contributed by atoms with van der Waals surface area (Å²) in [7, 11) is 1.99. The predicted octanol–water partition coefficient (Wildman–Crippen LogP) is 4.44. The Morgan fingerprint density at radius 3 is 2.47 bits per heavy atom. The van der Waals surface area contributed by atoms with Crippen LogP contribution in [0.1, 0.15) is 51.4 Å². The molecule has 8 nitrogen and oxygen atoms in total. The third kappa shape index (κ3) is 4.90. The van der Waals surface area contributed by atoms with Crippen molar-refractivity contribution in [2.24, 2.45) is 0 Å². The summed E-state index contributed by atoms with van der Waals surface area (Å²) < 4.78 is 8.53. The van der Waals surface area contributed by atoms with E-state index < -0.39 is 0 Å². The number of carbonyl (C=O) groups is 2. The zero-order valence-electron chi connectivity index (χ0n) is 21.6. The molecule has 38 heavy (non-hydrogen) atoms. The second-order valence-electron chi connectivity index (χ2n) is 10.1. The van der Waals surface area contributed by atoms with Gasteiger partial charge in [-0.05, 0) is 76.2 Å². The summed E-state index contributed by atoms with van der Waals surface area (Å²) in [4.78, 5) is 47.9. The third-order valence-electron chi connectivity index (χ3n) is 7.15. The summed E-state index contributed by atoms with van der Waals surface area (Å²) in [6, 6.07) is 10.3. The van der Waals surface area contributed by atoms with Gasteiger partial charge in [0.1, 0.15) is 6.10 Å². The van der Waals surface area contributed by atoms with Crippen LogP contribution in [0.3, 0.4) is 0 Å². The molecule has 1 aromatic heterocycles. The maximum atomic E-state index is 13.9. The molecule has 0 radical (unpaired) electrons. The number of likely N-dealkylation sites (N-methyl/N-ethyl adjacent to an activating group) is 1. The first-order chi connectivity index (χ1) is 18.0. The normalized spacial score (nSPS) is 17.6. The van der Waals surface area contributed by atoms with E-state index in [1.54, 1.807) is 29.2 Å². The monoisotopic (exact) mass is 598 g/mol. The number of halogens is 2. The molecule has 1 saturated heterocycles. The number of carbonyl (C=O) groups excluding carboxylic acids is 2. The highest BCUT2D eigenvalue weighted by Gasteiger charge is 2.34. The molecule has 2 aliphatic heterocycles. The SMILES string of the molecule is CC(=O)c1ccc(-n2c(OC3CN(C)C3)nc3c(c2=O)CC(C)N(C(=O)c2ccc(Br)c(C)c2)C3)c(Cl)c1. The molecule has 1 fully saturated rings. The van der Waals surface area contributed by atoms with Crippen LogP contribution in [0, 0.1) is 6.92 Å². The Hall–Kier alpha value is -3.01. The Morgan fingerprint density at radius 2 is 1.84 bits per heavy atom. The van der Waals surface area contributed by atoms with Crippen LogP contribution in [0.25, 0.3) is 5.69 Å². The average Bonchev–Trinajstić information content (AvgIpc) is 2.85. The first-order valence-corrected chi connectivity index (χ1v) is 13.6. The summed E-state index contributed by atoms with van der Waals surface area (Å²) >= 11 is 10.1. The van der Waals surface area contributed by atoms with Gasteiger partial charge in [0, 0.05) is 40.3 Å². The number of amides is 1. The lowest BCUT2D eigenvalue weighted by Gasteiger charge is -2.37. The number of Topliss-reactive ketones (excluding diaryl/α,β-unsaturated/α-hetero) is 1. The standard InChI is InChI=1S/C28H28BrClN4O4/c1-15-9-19(5-7-22(15)29)26(36)33-14-24-21(10-16(33)2)27(37)34(28(31-24)38-20-12-32(4)13-20)25-8-6-18(17(3)35)11-23(25)30/h5-9,11,16,20H,10,12-14H2,1-4H3. The fourth-order valence-corrected chi connectivity index (χ4v) is 5.43. The number of ether oxygens (including phenoxy) is 1. The maximum absolute atomic E-state index is 13.9. The summed E-state index contributed by atoms with van der Waals surface area (Å²) in [6.07, 6.45) is 0.218. The van der Waals surface area contributed by atoms with Crippen molar-refractivity contribution >= 4 is 39.2 Å². The van der Waals surface area contributed by atoms with Crippen LogP contribution in [0.4, 0.5) is 0 Å². The van der Waals surface area contributed by atoms with Gasteiger partial charge in [-0.2, -0.15) is 4.98 Å². The fourth-order valence-electron chi connectivity index (χ4n) is 4.92. The molecule has 3 heterocycles. The van der Waals surface area contributed by atoms with E-state index in [1.165, 1.54) is 11.5 Å². The molecule has 5 rings (SSSR count). The molecular formula is C28H28BrClN4O4. The Kier molecular flexibility index (Phi) is 7.19. The van der Waals surface area contributed by atoms with E-state index >= 15 is 0 Å². The van der Waals surface area contributed by atoms with E-state index in [-0.39, 0.29) is 47.0 Å². The number of ketones is 1. The van der Waals surface area contributed by atoms with Gasteiger partial charge in [-0.25, -0.2) is 4.57 Å². The van der Waals surface area contributed by atoms with Gasteiger partial charge in [-0.3, -0.25) is 19.3 Å². The number of hydrogen-bond acceptors (Lipinski definition) is 6. The number of aryl methyl sites for hydroxylation is 1. The second kappa shape index (κ2) is 10.3. The lowest BCUT2D eigenvalue weighted by molar-refractivity contribution is 0.0291. The third-order valence-corrected chi connectivity index (χ3v) is 8.34. The molecule has 0 aliphatic carbocycles. The van der Waals surface area contributed by atoms with Crippen molar-refractivity contribution in [1.82, 2.24) is 19.4 Å². The zero-order valence-corrected chi connectivity index (χ0v) is 24.0. The minimum absolute atomic E-state index is 0.115. The highest BCUT2D eigenvalue weighted by Crippen LogP contribution is 2.30. The maximum Gasteiger partial charge on any atom is 0.304 e. The van der Waals surface area contributed by atoms with Gasteiger partial charge in [0.15, 0.2) is 5.78 Å². The van der Waals surface area contributed by atoms with Crippen LogP contribution in [0.15, 0.2) is 45.7 Å². The molecule has 2 aliphatic rings.